The first kappa shape index (κ1) is 14.7. The van der Waals surface area contributed by atoms with Crippen LogP contribution in [-0.2, 0) is 11.2 Å². The first-order valence-corrected chi connectivity index (χ1v) is 6.67. The van der Waals surface area contributed by atoms with E-state index in [9.17, 15) is 9.18 Å². The summed E-state index contributed by atoms with van der Waals surface area (Å²) in [6.45, 7) is 0.348. The van der Waals surface area contributed by atoms with E-state index in [1.165, 1.54) is 12.1 Å². The lowest BCUT2D eigenvalue weighted by atomic mass is 10.1. The van der Waals surface area contributed by atoms with E-state index in [0.717, 1.165) is 11.3 Å². The Morgan fingerprint density at radius 1 is 1.10 bits per heavy atom. The van der Waals surface area contributed by atoms with Gasteiger partial charge in [-0.2, -0.15) is 5.26 Å². The summed E-state index contributed by atoms with van der Waals surface area (Å²) in [4.78, 5) is 14.0. The van der Waals surface area contributed by atoms with Crippen LogP contribution in [0.2, 0.25) is 0 Å². The van der Waals surface area contributed by atoms with Gasteiger partial charge >= 0.3 is 0 Å². The van der Waals surface area contributed by atoms with Crippen LogP contribution in [0.1, 0.15) is 12.0 Å². The van der Waals surface area contributed by atoms with Gasteiger partial charge in [-0.15, -0.1) is 0 Å². The zero-order chi connectivity index (χ0) is 15.1. The van der Waals surface area contributed by atoms with Crippen LogP contribution in [0.5, 0.6) is 0 Å². The predicted octanol–water partition coefficient (Wildman–Crippen LogP) is 3.32. The monoisotopic (exact) mass is 282 g/mol. The lowest BCUT2D eigenvalue weighted by Gasteiger charge is -2.21. The van der Waals surface area contributed by atoms with Crippen molar-refractivity contribution in [3.63, 3.8) is 0 Å². The molecule has 0 radical (unpaired) electrons. The highest BCUT2D eigenvalue weighted by Crippen LogP contribution is 2.16. The van der Waals surface area contributed by atoms with Gasteiger partial charge in [-0.05, 0) is 29.8 Å². The molecular formula is C17H15FN2O. The largest absolute Gasteiger partial charge is 0.311 e. The predicted molar refractivity (Wildman–Crippen MR) is 79.1 cm³/mol. The number of nitriles is 1. The van der Waals surface area contributed by atoms with E-state index >= 15 is 0 Å². The highest BCUT2D eigenvalue weighted by atomic mass is 19.1. The van der Waals surface area contributed by atoms with Crippen LogP contribution in [0, 0.1) is 17.1 Å². The topological polar surface area (TPSA) is 44.1 Å². The van der Waals surface area contributed by atoms with E-state index < -0.39 is 0 Å². The number of para-hydroxylation sites is 1. The third-order valence-corrected chi connectivity index (χ3v) is 3.08. The number of carbonyl (C=O) groups is 1. The highest BCUT2D eigenvalue weighted by molar-refractivity contribution is 5.94. The minimum atomic E-state index is -0.324. The van der Waals surface area contributed by atoms with Crippen molar-refractivity contribution in [1.82, 2.24) is 0 Å². The number of hydrogen-bond acceptors (Lipinski definition) is 2. The number of anilines is 1. The lowest BCUT2D eigenvalue weighted by Crippen LogP contribution is -2.33. The zero-order valence-electron chi connectivity index (χ0n) is 11.5. The van der Waals surface area contributed by atoms with Gasteiger partial charge in [-0.25, -0.2) is 4.39 Å². The van der Waals surface area contributed by atoms with Gasteiger partial charge in [0.05, 0.1) is 18.9 Å². The maximum atomic E-state index is 12.9. The Morgan fingerprint density at radius 3 is 2.38 bits per heavy atom. The molecule has 2 aromatic rings. The van der Waals surface area contributed by atoms with Crippen LogP contribution < -0.4 is 4.90 Å². The number of halogens is 1. The van der Waals surface area contributed by atoms with Gasteiger partial charge < -0.3 is 4.90 Å². The summed E-state index contributed by atoms with van der Waals surface area (Å²) in [6, 6.07) is 17.2. The second kappa shape index (κ2) is 7.20. The van der Waals surface area contributed by atoms with Crippen molar-refractivity contribution in [3.8, 4) is 6.07 Å². The molecule has 0 saturated heterocycles. The molecular weight excluding hydrogens is 267 g/mol. The van der Waals surface area contributed by atoms with Crippen molar-refractivity contribution in [2.24, 2.45) is 0 Å². The number of benzene rings is 2. The molecule has 3 nitrogen and oxygen atoms in total. The van der Waals surface area contributed by atoms with Gasteiger partial charge in [-0.1, -0.05) is 30.3 Å². The number of nitrogens with zero attached hydrogens (tertiary/aromatic N) is 2. The Morgan fingerprint density at radius 2 is 1.76 bits per heavy atom. The first-order chi connectivity index (χ1) is 10.2. The van der Waals surface area contributed by atoms with Gasteiger partial charge in [0, 0.05) is 12.2 Å². The Bertz CT molecular complexity index is 632. The molecule has 1 amide bonds. The quantitative estimate of drug-likeness (QED) is 0.844. The van der Waals surface area contributed by atoms with Crippen LogP contribution in [0.4, 0.5) is 10.1 Å². The molecule has 106 valence electrons. The number of carbonyl (C=O) groups excluding carboxylic acids is 1. The van der Waals surface area contributed by atoms with E-state index in [1.807, 2.05) is 30.3 Å². The molecule has 2 rings (SSSR count). The van der Waals surface area contributed by atoms with Crippen molar-refractivity contribution < 1.29 is 9.18 Å². The average molecular weight is 282 g/mol. The maximum Gasteiger partial charge on any atom is 0.231 e. The van der Waals surface area contributed by atoms with Crippen LogP contribution in [0.25, 0.3) is 0 Å². The normalized spacial score (nSPS) is 9.90. The number of hydrogen-bond donors (Lipinski definition) is 0. The van der Waals surface area contributed by atoms with Gasteiger partial charge in [0.15, 0.2) is 0 Å². The van der Waals surface area contributed by atoms with Gasteiger partial charge in [0.25, 0.3) is 0 Å². The Kier molecular flexibility index (Phi) is 5.05. The van der Waals surface area contributed by atoms with Gasteiger partial charge in [0.2, 0.25) is 5.91 Å². The fourth-order valence-electron chi connectivity index (χ4n) is 2.04. The number of amides is 1. The molecule has 21 heavy (non-hydrogen) atoms. The smallest absolute Gasteiger partial charge is 0.231 e. The van der Waals surface area contributed by atoms with E-state index in [-0.39, 0.29) is 24.6 Å². The standard InChI is InChI=1S/C17H15FN2O/c18-15-9-7-14(8-10-15)13-17(21)20(12-4-11-19)16-5-2-1-3-6-16/h1-3,5-10H,4,12-13H2. The summed E-state index contributed by atoms with van der Waals surface area (Å²) in [5.41, 5.74) is 1.51. The zero-order valence-corrected chi connectivity index (χ0v) is 11.5. The molecule has 0 fully saturated rings. The van der Waals surface area contributed by atoms with E-state index in [4.69, 9.17) is 5.26 Å². The lowest BCUT2D eigenvalue weighted by molar-refractivity contribution is -0.118. The summed E-state index contributed by atoms with van der Waals surface area (Å²) in [7, 11) is 0. The molecule has 0 bridgehead atoms. The summed E-state index contributed by atoms with van der Waals surface area (Å²) < 4.78 is 12.9. The van der Waals surface area contributed by atoms with Crippen LogP contribution >= 0.6 is 0 Å². The molecule has 0 atom stereocenters. The molecule has 0 aliphatic heterocycles. The highest BCUT2D eigenvalue weighted by Gasteiger charge is 2.15. The second-order valence-corrected chi connectivity index (χ2v) is 4.59. The summed E-state index contributed by atoms with van der Waals surface area (Å²) >= 11 is 0. The Hall–Kier alpha value is -2.67. The molecule has 0 saturated carbocycles. The molecule has 0 spiro atoms. The average Bonchev–Trinajstić information content (AvgIpc) is 2.51. The Balaban J connectivity index is 2.14. The third-order valence-electron chi connectivity index (χ3n) is 3.08. The van der Waals surface area contributed by atoms with E-state index in [0.29, 0.717) is 6.54 Å². The maximum absolute atomic E-state index is 12.9. The van der Waals surface area contributed by atoms with Crippen LogP contribution in [0.15, 0.2) is 54.6 Å². The SMILES string of the molecule is N#CCCN(C(=O)Cc1ccc(F)cc1)c1ccccc1. The minimum Gasteiger partial charge on any atom is -0.311 e. The fraction of sp³-hybridized carbons (Fsp3) is 0.176. The van der Waals surface area contributed by atoms with Crippen LogP contribution in [-0.4, -0.2) is 12.5 Å². The number of rotatable bonds is 5. The van der Waals surface area contributed by atoms with Crippen molar-refractivity contribution in [2.45, 2.75) is 12.8 Å². The molecule has 0 aromatic heterocycles. The van der Waals surface area contributed by atoms with E-state index in [2.05, 4.69) is 6.07 Å². The molecule has 0 heterocycles. The molecule has 0 N–H and O–H groups in total. The van der Waals surface area contributed by atoms with Crippen molar-refractivity contribution in [2.75, 3.05) is 11.4 Å². The third kappa shape index (κ3) is 4.15. The fourth-order valence-corrected chi connectivity index (χ4v) is 2.04. The van der Waals surface area contributed by atoms with Crippen molar-refractivity contribution >= 4 is 11.6 Å². The van der Waals surface area contributed by atoms with Gasteiger partial charge in [-0.3, -0.25) is 4.79 Å². The Labute approximate surface area is 123 Å². The molecule has 0 unspecified atom stereocenters. The molecule has 0 aliphatic carbocycles. The minimum absolute atomic E-state index is 0.108. The van der Waals surface area contributed by atoms with Gasteiger partial charge in [0.1, 0.15) is 5.82 Å². The van der Waals surface area contributed by atoms with Crippen molar-refractivity contribution in [1.29, 1.82) is 5.26 Å². The first-order valence-electron chi connectivity index (χ1n) is 6.67. The molecule has 4 heteroatoms. The molecule has 0 aliphatic rings. The summed E-state index contributed by atoms with van der Waals surface area (Å²) in [6.07, 6.45) is 0.449. The second-order valence-electron chi connectivity index (χ2n) is 4.59. The van der Waals surface area contributed by atoms with E-state index in [1.54, 1.807) is 17.0 Å². The summed E-state index contributed by atoms with van der Waals surface area (Å²) in [5.74, 6) is -0.432. The van der Waals surface area contributed by atoms with Crippen molar-refractivity contribution in [3.05, 3.63) is 66.0 Å². The van der Waals surface area contributed by atoms with Crippen LogP contribution in [0.3, 0.4) is 0 Å². The summed E-state index contributed by atoms with van der Waals surface area (Å²) in [5, 5.41) is 8.73. The molecule has 2 aromatic carbocycles.